The molecule has 0 aliphatic carbocycles. The molecule has 6 heteroatoms. The maximum absolute atomic E-state index is 4.89. The predicted octanol–water partition coefficient (Wildman–Crippen LogP) is 3.21. The molecule has 1 aromatic carbocycles. The topological polar surface area (TPSA) is 58.5 Å². The van der Waals surface area contributed by atoms with E-state index < -0.39 is 0 Å². The van der Waals surface area contributed by atoms with Crippen LogP contribution in [0.15, 0.2) is 59.9 Å². The number of rotatable bonds is 11. The minimum Gasteiger partial charge on any atom is -0.376 e. The quantitative estimate of drug-likeness (QED) is 0.171. The van der Waals surface area contributed by atoms with Crippen molar-refractivity contribution >= 4 is 16.7 Å². The second kappa shape index (κ2) is 10.2. The summed E-state index contributed by atoms with van der Waals surface area (Å²) < 4.78 is 0. The van der Waals surface area contributed by atoms with Crippen LogP contribution in [0, 0.1) is 0 Å². The largest absolute Gasteiger partial charge is 0.376 e. The van der Waals surface area contributed by atoms with Crippen molar-refractivity contribution in [1.29, 1.82) is 0 Å². The number of H-pyrrole nitrogens is 1. The van der Waals surface area contributed by atoms with Crippen LogP contribution in [-0.2, 0) is 0 Å². The lowest BCUT2D eigenvalue weighted by atomic mass is 10.1. The Morgan fingerprint density at radius 1 is 1.42 bits per heavy atom. The van der Waals surface area contributed by atoms with E-state index in [4.69, 9.17) is 4.99 Å². The zero-order valence-corrected chi connectivity index (χ0v) is 19.7. The van der Waals surface area contributed by atoms with Gasteiger partial charge in [-0.2, -0.15) is 0 Å². The Labute approximate surface area is 187 Å². The summed E-state index contributed by atoms with van der Waals surface area (Å²) in [5.74, 6) is 0.915. The van der Waals surface area contributed by atoms with Crippen molar-refractivity contribution < 1.29 is 0 Å². The number of aromatic nitrogens is 1. The summed E-state index contributed by atoms with van der Waals surface area (Å²) in [6.07, 6.45) is 7.26. The Morgan fingerprint density at radius 3 is 2.87 bits per heavy atom. The first-order valence-corrected chi connectivity index (χ1v) is 11.1. The first-order chi connectivity index (χ1) is 14.9. The molecule has 0 bridgehead atoms. The monoisotopic (exact) mass is 422 g/mol. The van der Waals surface area contributed by atoms with E-state index in [0.29, 0.717) is 12.1 Å². The van der Waals surface area contributed by atoms with Gasteiger partial charge < -0.3 is 20.5 Å². The van der Waals surface area contributed by atoms with Gasteiger partial charge in [-0.15, -0.1) is 0 Å². The molecule has 3 rings (SSSR count). The highest BCUT2D eigenvalue weighted by molar-refractivity contribution is 6.09. The van der Waals surface area contributed by atoms with Crippen LogP contribution in [0.5, 0.6) is 0 Å². The fourth-order valence-electron chi connectivity index (χ4n) is 3.84. The first-order valence-electron chi connectivity index (χ1n) is 11.1. The Kier molecular flexibility index (Phi) is 7.57. The van der Waals surface area contributed by atoms with Gasteiger partial charge in [0.15, 0.2) is 0 Å². The molecule has 0 spiro atoms. The average molecular weight is 423 g/mol. The Balaban J connectivity index is 1.55. The lowest BCUT2D eigenvalue weighted by molar-refractivity contribution is 0.356. The van der Waals surface area contributed by atoms with Crippen LogP contribution in [0.2, 0.25) is 0 Å². The third kappa shape index (κ3) is 5.77. The molecule has 0 radical (unpaired) electrons. The van der Waals surface area contributed by atoms with E-state index in [0.717, 1.165) is 30.0 Å². The average Bonchev–Trinajstić information content (AvgIpc) is 3.14. The third-order valence-electron chi connectivity index (χ3n) is 6.49. The minimum absolute atomic E-state index is 0.266. The number of hydrogen-bond donors (Lipinski definition) is 3. The van der Waals surface area contributed by atoms with Gasteiger partial charge in [0, 0.05) is 67.6 Å². The van der Waals surface area contributed by atoms with Crippen molar-refractivity contribution in [2.24, 2.45) is 4.99 Å². The Hall–Kier alpha value is -2.57. The van der Waals surface area contributed by atoms with E-state index in [1.165, 1.54) is 23.9 Å². The highest BCUT2D eigenvalue weighted by Gasteiger charge is 2.43. The second-order valence-electron chi connectivity index (χ2n) is 8.89. The maximum Gasteiger partial charge on any atom is 0.128 e. The van der Waals surface area contributed by atoms with Gasteiger partial charge in [0.05, 0.1) is 6.54 Å². The molecule has 2 aromatic rings. The fraction of sp³-hybridized carbons (Fsp3) is 0.480. The summed E-state index contributed by atoms with van der Waals surface area (Å²) in [6, 6.07) is 8.62. The molecule has 1 aliphatic rings. The van der Waals surface area contributed by atoms with Gasteiger partial charge in [0.1, 0.15) is 5.84 Å². The Morgan fingerprint density at radius 2 is 2.19 bits per heavy atom. The molecule has 1 fully saturated rings. The highest BCUT2D eigenvalue weighted by atomic mass is 15.3. The predicted molar refractivity (Wildman–Crippen MR) is 133 cm³/mol. The number of fused-ring (bicyclic) bond motifs is 1. The summed E-state index contributed by atoms with van der Waals surface area (Å²) >= 11 is 0. The summed E-state index contributed by atoms with van der Waals surface area (Å²) in [5, 5.41) is 8.02. The fourth-order valence-corrected chi connectivity index (χ4v) is 3.84. The molecule has 3 atom stereocenters. The van der Waals surface area contributed by atoms with E-state index >= 15 is 0 Å². The summed E-state index contributed by atoms with van der Waals surface area (Å²) in [6.45, 7) is 12.3. The molecule has 1 aromatic heterocycles. The van der Waals surface area contributed by atoms with Crippen molar-refractivity contribution in [3.63, 3.8) is 0 Å². The number of hydrogen-bond acceptors (Lipinski definition) is 4. The number of nitrogens with zero attached hydrogens (tertiary/aromatic N) is 3. The lowest BCUT2D eigenvalue weighted by Crippen LogP contribution is -2.30. The molecule has 3 unspecified atom stereocenters. The second-order valence-corrected chi connectivity index (χ2v) is 8.89. The molecule has 2 heterocycles. The number of aromatic amines is 1. The van der Waals surface area contributed by atoms with Crippen LogP contribution in [0.3, 0.4) is 0 Å². The van der Waals surface area contributed by atoms with Crippen LogP contribution < -0.4 is 10.6 Å². The number of amidine groups is 1. The van der Waals surface area contributed by atoms with Gasteiger partial charge in [0.2, 0.25) is 0 Å². The van der Waals surface area contributed by atoms with Crippen LogP contribution in [0.4, 0.5) is 0 Å². The van der Waals surface area contributed by atoms with Gasteiger partial charge in [-0.05, 0) is 51.6 Å². The molecule has 31 heavy (non-hydrogen) atoms. The summed E-state index contributed by atoms with van der Waals surface area (Å²) in [7, 11) is 6.22. The molecule has 1 aliphatic heterocycles. The van der Waals surface area contributed by atoms with E-state index in [-0.39, 0.29) is 6.04 Å². The van der Waals surface area contributed by atoms with Gasteiger partial charge in [-0.25, -0.2) is 0 Å². The van der Waals surface area contributed by atoms with Crippen molar-refractivity contribution in [3.8, 4) is 0 Å². The van der Waals surface area contributed by atoms with Gasteiger partial charge in [-0.3, -0.25) is 9.89 Å². The molecule has 6 nitrogen and oxygen atoms in total. The van der Waals surface area contributed by atoms with Gasteiger partial charge >= 0.3 is 0 Å². The number of likely N-dealkylation sites (N-methyl/N-ethyl adjacent to an activating group) is 2. The molecular weight excluding hydrogens is 384 g/mol. The smallest absolute Gasteiger partial charge is 0.128 e. The molecule has 0 amide bonds. The highest BCUT2D eigenvalue weighted by Crippen LogP contribution is 2.32. The summed E-state index contributed by atoms with van der Waals surface area (Å²) in [4.78, 5) is 12.8. The number of nitrogens with one attached hydrogen (secondary N) is 3. The van der Waals surface area contributed by atoms with E-state index in [2.05, 4.69) is 90.4 Å². The Bertz CT molecular complexity index is 942. The first kappa shape index (κ1) is 23.1. The van der Waals surface area contributed by atoms with Crippen molar-refractivity contribution in [2.45, 2.75) is 31.8 Å². The van der Waals surface area contributed by atoms with Crippen molar-refractivity contribution in [3.05, 3.63) is 60.5 Å². The van der Waals surface area contributed by atoms with Crippen LogP contribution in [0.25, 0.3) is 10.9 Å². The molecule has 168 valence electrons. The van der Waals surface area contributed by atoms with E-state index in [9.17, 15) is 0 Å². The van der Waals surface area contributed by atoms with Crippen LogP contribution in [0.1, 0.15) is 25.8 Å². The number of aliphatic imine (C=N–C) groups is 1. The zero-order valence-electron chi connectivity index (χ0n) is 19.7. The van der Waals surface area contributed by atoms with E-state index in [1.54, 1.807) is 0 Å². The maximum atomic E-state index is 4.89. The van der Waals surface area contributed by atoms with E-state index in [1.807, 2.05) is 19.3 Å². The van der Waals surface area contributed by atoms with Crippen molar-refractivity contribution in [1.82, 2.24) is 25.4 Å². The normalized spacial score (nSPS) is 22.4. The van der Waals surface area contributed by atoms with Crippen molar-refractivity contribution in [2.75, 3.05) is 47.3 Å². The minimum atomic E-state index is 0.266. The number of benzene rings is 1. The van der Waals surface area contributed by atoms with Gasteiger partial charge in [-0.1, -0.05) is 24.8 Å². The van der Waals surface area contributed by atoms with Crippen LogP contribution in [-0.4, -0.2) is 79.5 Å². The zero-order chi connectivity index (χ0) is 22.4. The van der Waals surface area contributed by atoms with Gasteiger partial charge in [0.25, 0.3) is 0 Å². The standard InChI is InChI=1S/C25H38N6/c1-7-20(16-27-14-12-25(3)18-31(25)6)17-30(5)19(2)15-29-24(26-4)22-9-8-10-23-21(22)11-13-28-23/h7-11,13,17,19,27-28H,1,12,14-16,18H2,2-6H3,(H,26,29)/b20-17+. The molecule has 1 saturated heterocycles. The third-order valence-corrected chi connectivity index (χ3v) is 6.49. The molecule has 0 saturated carbocycles. The molecular formula is C25H38N6. The SMILES string of the molecule is C=C/C(=C\N(C)C(C)C/N=C(\NC)c1cccc2[nH]ccc12)CNCCC1(C)CN1C. The summed E-state index contributed by atoms with van der Waals surface area (Å²) in [5.41, 5.74) is 3.83. The van der Waals surface area contributed by atoms with Crippen LogP contribution >= 0.6 is 0 Å². The molecule has 3 N–H and O–H groups in total. The lowest BCUT2D eigenvalue weighted by Gasteiger charge is -2.23.